The Morgan fingerprint density at radius 1 is 0.137 bits per heavy atom. The van der Waals surface area contributed by atoms with Gasteiger partial charge in [0.25, 0.3) is 0 Å². The molecule has 0 amide bonds. The molecule has 0 spiro atoms. The second-order valence-electron chi connectivity index (χ2n) is 18.9. The predicted molar refractivity (Wildman–Crippen MR) is 479 cm³/mol. The minimum atomic E-state index is 0. The number of rotatable bonds is 1. The van der Waals surface area contributed by atoms with Crippen LogP contribution >= 0.6 is 0 Å². The van der Waals surface area contributed by atoms with Gasteiger partial charge >= 0.3 is 0 Å². The molecule has 0 aliphatic carbocycles. The van der Waals surface area contributed by atoms with Gasteiger partial charge in [0, 0.05) is 32.7 Å². The first kappa shape index (κ1) is 110. The zero-order valence-corrected chi connectivity index (χ0v) is 73.4. The minimum Gasteiger partial charge on any atom is -0.358 e. The number of hydrogen-bond acceptors (Lipinski definition) is 0. The van der Waals surface area contributed by atoms with Gasteiger partial charge in [-0.25, -0.2) is 0 Å². The van der Waals surface area contributed by atoms with Crippen LogP contribution in [0.1, 0.15) is 194 Å². The molecule has 0 aliphatic heterocycles. The maximum Gasteiger partial charge on any atom is 0 e. The minimum absolute atomic E-state index is 0. The Morgan fingerprint density at radius 2 is 0.284 bits per heavy atom. The first-order chi connectivity index (χ1) is 48.8. The van der Waals surface area contributed by atoms with E-state index in [0.29, 0.717) is 0 Å². The van der Waals surface area contributed by atoms with Crippen molar-refractivity contribution < 1.29 is 32.7 Å². The van der Waals surface area contributed by atoms with Gasteiger partial charge in [-0.15, -0.1) is 0 Å². The number of benzene rings is 14. The van der Waals surface area contributed by atoms with Gasteiger partial charge in [0.1, 0.15) is 0 Å². The van der Waals surface area contributed by atoms with E-state index in [-0.39, 0.29) is 47.6 Å². The average Bonchev–Trinajstić information content (AvgIpc) is 0.752. The van der Waals surface area contributed by atoms with Crippen LogP contribution in [-0.2, 0) is 32.7 Å². The van der Waals surface area contributed by atoms with Crippen LogP contribution in [0.15, 0.2) is 309 Å². The van der Waals surface area contributed by atoms with Crippen LogP contribution in [0.4, 0.5) is 0 Å². The fourth-order valence-corrected chi connectivity index (χ4v) is 8.78. The summed E-state index contributed by atoms with van der Waals surface area (Å²) in [6.45, 7) is 58.5. The van der Waals surface area contributed by atoms with Gasteiger partial charge in [-0.1, -0.05) is 491 Å². The second-order valence-corrected chi connectivity index (χ2v) is 18.9. The standard InChI is InChI=1S/C16H10.C14H10.C14H14.C10H8.3C7H8.12C2H6.2CH3.Y/c1-3-11-7-9-13-5-2-6-14-10-8-12(4-1)15(11)16(13)14;1-2-6-12-10-14-8-4-3-7-13(14)9-11(12)5-1;1-11-3-7-13(8-4-11)14-9-5-12(2)6-10-14;1-2-6-10-8-4-3-7-9(10)5-1;3*1-7-5-3-2-4-6-7;12*1-2;;;/h1-10H;1-10H;3-10H,1-2H3;1-8H;3*2-6H,1H3;12*1-2H3;2*1H3;/q;;;;;;;;;;;;;;;;;;;2*-1;. The van der Waals surface area contributed by atoms with Gasteiger partial charge in [-0.2, -0.15) is 0 Å². The van der Waals surface area contributed by atoms with Crippen LogP contribution in [0.25, 0.3) is 75.8 Å². The van der Waals surface area contributed by atoms with Gasteiger partial charge in [0.05, 0.1) is 0 Å². The number of aryl methyl sites for hydroxylation is 5. The first-order valence-corrected chi connectivity index (χ1v) is 37.9. The van der Waals surface area contributed by atoms with Crippen LogP contribution in [0, 0.1) is 49.5 Å². The van der Waals surface area contributed by atoms with E-state index in [1.54, 1.807) is 0 Å². The Labute approximate surface area is 656 Å². The summed E-state index contributed by atoms with van der Waals surface area (Å²) in [5.41, 5.74) is 9.15. The smallest absolute Gasteiger partial charge is 0 e. The van der Waals surface area contributed by atoms with Crippen molar-refractivity contribution in [3.63, 3.8) is 0 Å². The molecule has 14 aromatic rings. The van der Waals surface area contributed by atoms with Crippen LogP contribution in [0.5, 0.6) is 0 Å². The molecular weight excluding hydrogens is 1300 g/mol. The largest absolute Gasteiger partial charge is 0.358 e. The van der Waals surface area contributed by atoms with Crippen LogP contribution in [0.2, 0.25) is 0 Å². The molecule has 0 bridgehead atoms. The Balaban J connectivity index is -0.000000162. The van der Waals surface area contributed by atoms with Crippen molar-refractivity contribution in [2.75, 3.05) is 0 Å². The molecule has 0 heterocycles. The van der Waals surface area contributed by atoms with Crippen LogP contribution in [-0.4, -0.2) is 0 Å². The topological polar surface area (TPSA) is 0 Å². The zero-order valence-electron chi connectivity index (χ0n) is 70.5. The van der Waals surface area contributed by atoms with Crippen molar-refractivity contribution >= 4 is 64.6 Å². The van der Waals surface area contributed by atoms with Gasteiger partial charge < -0.3 is 14.9 Å². The molecule has 0 nitrogen and oxygen atoms in total. The molecule has 1 radical (unpaired) electrons. The molecule has 0 N–H and O–H groups in total. The van der Waals surface area contributed by atoms with Crippen molar-refractivity contribution in [2.45, 2.75) is 201 Å². The van der Waals surface area contributed by atoms with E-state index in [1.165, 1.54) is 104 Å². The van der Waals surface area contributed by atoms with Gasteiger partial charge in [-0.05, 0) is 123 Å². The summed E-state index contributed by atoms with van der Waals surface area (Å²) in [7, 11) is 0. The summed E-state index contributed by atoms with van der Waals surface area (Å²) >= 11 is 0. The van der Waals surface area contributed by atoms with Crippen LogP contribution < -0.4 is 0 Å². The van der Waals surface area contributed by atoms with E-state index in [1.807, 2.05) is 221 Å². The number of fused-ring (bicyclic) bond motifs is 3. The second kappa shape index (κ2) is 78.7. The maximum atomic E-state index is 2.24. The van der Waals surface area contributed by atoms with E-state index in [4.69, 9.17) is 0 Å². The maximum absolute atomic E-state index is 2.24. The zero-order chi connectivity index (χ0) is 76.0. The van der Waals surface area contributed by atoms with Gasteiger partial charge in [0.15, 0.2) is 0 Å². The molecule has 1 heteroatoms. The predicted octanol–water partition coefficient (Wildman–Crippen LogP) is 34.6. The first-order valence-electron chi connectivity index (χ1n) is 37.9. The molecule has 14 aromatic carbocycles. The van der Waals surface area contributed by atoms with Crippen molar-refractivity contribution in [1.29, 1.82) is 0 Å². The summed E-state index contributed by atoms with van der Waals surface area (Å²) in [6.07, 6.45) is 0. The SMILES string of the molecule is CC.CC.CC.CC.CC.CC.CC.CC.CC.CC.CC.CC.Cc1ccc(-c2ccc(C)cc2)cc1.Cc1ccccc1.Cc1ccccc1.Cc1ccccc1.[CH3-].[CH3-].[Y].c1cc2ccc3cccc4ccc(c1)c2c34.c1ccc2cc3ccccc3cc2c1.c1ccc2ccccc2c1. The Bertz CT molecular complexity index is 3470. The average molecular weight is 1450 g/mol. The molecule has 553 valence electrons. The normalized spacial score (nSPS) is 8.21. The summed E-state index contributed by atoms with van der Waals surface area (Å²) in [5.74, 6) is 0. The monoisotopic (exact) mass is 1450 g/mol. The van der Waals surface area contributed by atoms with Crippen molar-refractivity contribution in [3.8, 4) is 11.1 Å². The summed E-state index contributed by atoms with van der Waals surface area (Å²) in [6, 6.07) is 108. The van der Waals surface area contributed by atoms with Crippen molar-refractivity contribution in [2.24, 2.45) is 0 Å². The summed E-state index contributed by atoms with van der Waals surface area (Å²) < 4.78 is 0. The molecular formula is C101H144Y-2. The molecule has 0 aliphatic rings. The Hall–Kier alpha value is -8.00. The Morgan fingerprint density at radius 3 is 0.451 bits per heavy atom. The van der Waals surface area contributed by atoms with E-state index in [9.17, 15) is 0 Å². The molecule has 14 rings (SSSR count). The molecule has 0 fully saturated rings. The van der Waals surface area contributed by atoms with E-state index in [2.05, 4.69) is 289 Å². The van der Waals surface area contributed by atoms with Crippen molar-refractivity contribution in [1.82, 2.24) is 0 Å². The fraction of sp³-hybridized carbons (Fsp3) is 0.287. The molecule has 0 aromatic heterocycles. The third-order valence-electron chi connectivity index (χ3n) is 12.9. The molecule has 0 unspecified atom stereocenters. The molecule has 0 saturated carbocycles. The summed E-state index contributed by atoms with van der Waals surface area (Å²) in [4.78, 5) is 0. The quantitative estimate of drug-likeness (QED) is 0.0873. The van der Waals surface area contributed by atoms with E-state index < -0.39 is 0 Å². The third kappa shape index (κ3) is 45.1. The van der Waals surface area contributed by atoms with Gasteiger partial charge in [0.2, 0.25) is 0 Å². The molecule has 102 heavy (non-hydrogen) atoms. The molecule has 0 atom stereocenters. The van der Waals surface area contributed by atoms with Crippen LogP contribution in [0.3, 0.4) is 0 Å². The Kier molecular flexibility index (Phi) is 84.8. The van der Waals surface area contributed by atoms with E-state index >= 15 is 0 Å². The summed E-state index contributed by atoms with van der Waals surface area (Å²) in [5, 5.41) is 16.0. The van der Waals surface area contributed by atoms with Gasteiger partial charge in [-0.3, -0.25) is 0 Å². The molecule has 0 saturated heterocycles. The number of hydrogen-bond donors (Lipinski definition) is 0. The third-order valence-corrected chi connectivity index (χ3v) is 12.9. The van der Waals surface area contributed by atoms with Crippen molar-refractivity contribution in [3.05, 3.63) is 352 Å². The van der Waals surface area contributed by atoms with E-state index in [0.717, 1.165) is 0 Å². The fourth-order valence-electron chi connectivity index (χ4n) is 8.78.